The van der Waals surface area contributed by atoms with Gasteiger partial charge >= 0.3 is 88.7 Å². The molecule has 0 bridgehead atoms. The van der Waals surface area contributed by atoms with Gasteiger partial charge in [-0.15, -0.1) is 0 Å². The van der Waals surface area contributed by atoms with Gasteiger partial charge in [0.2, 0.25) is 0 Å². The summed E-state index contributed by atoms with van der Waals surface area (Å²) in [7, 11) is 0. The Kier molecular flexibility index (Phi) is 5.03. The molecule has 0 rings (SSSR count). The molecule has 0 amide bonds. The van der Waals surface area contributed by atoms with Gasteiger partial charge in [-0.25, -0.2) is 0 Å². The zero-order valence-electron chi connectivity index (χ0n) is 10.0. The van der Waals surface area contributed by atoms with Crippen LogP contribution in [0.1, 0.15) is 0 Å². The molecule has 1 nitrogen and oxygen atoms in total. The van der Waals surface area contributed by atoms with E-state index in [0.29, 0.717) is 0 Å². The summed E-state index contributed by atoms with van der Waals surface area (Å²) in [5, 5.41) is 0. The second-order valence-electron chi connectivity index (χ2n) is 5.81. The first kappa shape index (κ1) is 13.6. The van der Waals surface area contributed by atoms with Crippen LogP contribution in [0.4, 0.5) is 0 Å². The van der Waals surface area contributed by atoms with Gasteiger partial charge in [0.15, 0.2) is 0 Å². The summed E-state index contributed by atoms with van der Waals surface area (Å²) in [4.78, 5) is 15.2. The van der Waals surface area contributed by atoms with Crippen molar-refractivity contribution < 1.29 is 0 Å². The van der Waals surface area contributed by atoms with Gasteiger partial charge in [0.25, 0.3) is 0 Å². The fraction of sp³-hybridized carbons (Fsp3) is 1.00. The summed E-state index contributed by atoms with van der Waals surface area (Å²) in [5.41, 5.74) is 0. The predicted molar refractivity (Wildman–Crippen MR) is 66.0 cm³/mol. The maximum atomic E-state index is 2.96. The van der Waals surface area contributed by atoms with Crippen molar-refractivity contribution in [2.24, 2.45) is 0 Å². The van der Waals surface area contributed by atoms with Crippen molar-refractivity contribution in [3.63, 3.8) is 0 Å². The predicted octanol–water partition coefficient (Wildman–Crippen LogP) is 3.21. The molecule has 0 fully saturated rings. The molecule has 0 heterocycles. The summed E-state index contributed by atoms with van der Waals surface area (Å²) < 4.78 is 2.96. The van der Waals surface area contributed by atoms with E-state index in [-0.39, 0.29) is 0 Å². The zero-order chi connectivity index (χ0) is 10.2. The van der Waals surface area contributed by atoms with Gasteiger partial charge in [-0.3, -0.25) is 0 Å². The van der Waals surface area contributed by atoms with Crippen LogP contribution in [0.15, 0.2) is 0 Å². The fourth-order valence-electron chi connectivity index (χ4n) is 2.56. The monoisotopic (exact) mass is 385 g/mol. The van der Waals surface area contributed by atoms with Crippen LogP contribution in [-0.2, 0) is 0 Å². The number of hydrogen-bond donors (Lipinski definition) is 0. The molecule has 12 heavy (non-hydrogen) atoms. The molecule has 0 unspecified atom stereocenters. The van der Waals surface area contributed by atoms with E-state index in [9.17, 15) is 0 Å². The summed E-state index contributed by atoms with van der Waals surface area (Å²) in [6.07, 6.45) is 0. The van der Waals surface area contributed by atoms with E-state index in [1.54, 1.807) is 0 Å². The minimum atomic E-state index is -1.78. The Morgan fingerprint density at radius 1 is 0.750 bits per heavy atom. The first-order chi connectivity index (χ1) is 5.07. The Labute approximate surface area is 87.8 Å². The van der Waals surface area contributed by atoms with Gasteiger partial charge in [0.05, 0.1) is 0 Å². The second kappa shape index (κ2) is 4.43. The van der Waals surface area contributed by atoms with E-state index >= 15 is 0 Å². The molecule has 0 aliphatic rings. The molecule has 0 aliphatic carbocycles. The van der Waals surface area contributed by atoms with Crippen LogP contribution in [0.2, 0.25) is 43.3 Å². The maximum absolute atomic E-state index is 2.96. The number of nitrogens with zero attached hydrogens (tertiary/aromatic N) is 1. The summed E-state index contributed by atoms with van der Waals surface area (Å²) in [6.45, 7) is 5.52. The first-order valence-electron chi connectivity index (χ1n) is 4.86. The van der Waals surface area contributed by atoms with Crippen LogP contribution >= 0.6 is 0 Å². The molecule has 0 saturated carbocycles. The van der Waals surface area contributed by atoms with E-state index in [4.69, 9.17) is 0 Å². The van der Waals surface area contributed by atoms with Crippen molar-refractivity contribution in [3.8, 4) is 0 Å². The van der Waals surface area contributed by atoms with Crippen LogP contribution in [0.5, 0.6) is 0 Å². The molecule has 4 heteroatoms. The quantitative estimate of drug-likeness (QED) is 0.678. The molecular weight excluding hydrogens is 358 g/mol. The molecule has 0 aromatic rings. The SMILES string of the molecule is CB(C)[N]([Sn]([CH3])([CH3])[CH3])[Sn]([CH3])([CH3])[CH3]. The minimum absolute atomic E-state index is 0.789. The van der Waals surface area contributed by atoms with E-state index < -0.39 is 37.3 Å². The van der Waals surface area contributed by atoms with E-state index in [2.05, 4.69) is 44.5 Å². The molecule has 0 aromatic heterocycles. The average Bonchev–Trinajstić information content (AvgIpc) is 1.49. The third kappa shape index (κ3) is 4.22. The normalized spacial score (nSPS) is 13.8. The Morgan fingerprint density at radius 3 is 1.00 bits per heavy atom. The number of rotatable bonds is 3. The van der Waals surface area contributed by atoms with Gasteiger partial charge in [-0.1, -0.05) is 0 Å². The Balaban J connectivity index is 4.70. The van der Waals surface area contributed by atoms with E-state index in [1.807, 2.05) is 0 Å². The van der Waals surface area contributed by atoms with Gasteiger partial charge in [-0.05, 0) is 0 Å². The van der Waals surface area contributed by atoms with Crippen LogP contribution in [0.25, 0.3) is 0 Å². The van der Waals surface area contributed by atoms with Gasteiger partial charge in [0.1, 0.15) is 0 Å². The molecule has 0 aromatic carbocycles. The van der Waals surface area contributed by atoms with Gasteiger partial charge < -0.3 is 0 Å². The van der Waals surface area contributed by atoms with Gasteiger partial charge in [0, 0.05) is 0 Å². The van der Waals surface area contributed by atoms with Crippen molar-refractivity contribution in [2.75, 3.05) is 0 Å². The molecule has 0 spiro atoms. The molecule has 72 valence electrons. The van der Waals surface area contributed by atoms with Crippen molar-refractivity contribution in [1.82, 2.24) is 1.25 Å². The molecule has 0 N–H and O–H groups in total. The first-order valence-corrected chi connectivity index (χ1v) is 24.5. The van der Waals surface area contributed by atoms with Crippen molar-refractivity contribution >= 4 is 44.1 Å². The number of hydrogen-bond acceptors (Lipinski definition) is 1. The Morgan fingerprint density at radius 2 is 1.00 bits per heavy atom. The van der Waals surface area contributed by atoms with Crippen molar-refractivity contribution in [3.05, 3.63) is 0 Å². The third-order valence-electron chi connectivity index (χ3n) is 1.96. The topological polar surface area (TPSA) is 3.24 Å². The van der Waals surface area contributed by atoms with E-state index in [1.165, 1.54) is 0 Å². The van der Waals surface area contributed by atoms with Crippen LogP contribution in [-0.4, -0.2) is 45.4 Å². The van der Waals surface area contributed by atoms with Crippen LogP contribution in [0, 0.1) is 0 Å². The third-order valence-corrected chi connectivity index (χ3v) is 38.8. The van der Waals surface area contributed by atoms with Crippen molar-refractivity contribution in [1.29, 1.82) is 0 Å². The Bertz CT molecular complexity index is 132. The van der Waals surface area contributed by atoms with Crippen LogP contribution in [0.3, 0.4) is 0 Å². The van der Waals surface area contributed by atoms with Crippen molar-refractivity contribution in [2.45, 2.75) is 43.3 Å². The summed E-state index contributed by atoms with van der Waals surface area (Å²) >= 11 is -3.56. The molecule has 0 radical (unpaired) electrons. The summed E-state index contributed by atoms with van der Waals surface area (Å²) in [5.74, 6) is 0. The second-order valence-corrected chi connectivity index (χ2v) is 37.0. The molecule has 0 saturated heterocycles. The zero-order valence-corrected chi connectivity index (χ0v) is 15.7. The Hall–Kier alpha value is 1.62. The molecule has 0 aliphatic heterocycles. The van der Waals surface area contributed by atoms with Gasteiger partial charge in [-0.2, -0.15) is 0 Å². The summed E-state index contributed by atoms with van der Waals surface area (Å²) in [6, 6.07) is 0. The molecular formula is C8H24BNSn2. The van der Waals surface area contributed by atoms with Crippen LogP contribution < -0.4 is 0 Å². The van der Waals surface area contributed by atoms with E-state index in [0.717, 1.165) is 6.85 Å². The average molecular weight is 383 g/mol. The fourth-order valence-corrected chi connectivity index (χ4v) is 55.7. The standard InChI is InChI=1S/C2H6BN.6CH3.2Sn/c1-3(2)4;;;;;;;;/h1-2H3;6*1H3;;. The molecule has 0 atom stereocenters.